The first kappa shape index (κ1) is 26.9. The number of carbonyl (C=O) groups excluding carboxylic acids is 1. The first-order valence-electron chi connectivity index (χ1n) is 8.15. The van der Waals surface area contributed by atoms with Gasteiger partial charge in [-0.05, 0) is 34.7 Å². The topological polar surface area (TPSA) is 189 Å². The van der Waals surface area contributed by atoms with Gasteiger partial charge in [-0.1, -0.05) is 18.2 Å². The summed E-state index contributed by atoms with van der Waals surface area (Å²) < 4.78 is 41.4. The van der Waals surface area contributed by atoms with Crippen molar-refractivity contribution in [1.29, 1.82) is 0 Å². The van der Waals surface area contributed by atoms with Crippen LogP contribution in [0, 0.1) is 10.1 Å². The van der Waals surface area contributed by atoms with E-state index in [-0.39, 0.29) is 48.5 Å². The number of anilines is 1. The Kier molecular flexibility index (Phi) is 10.1. The van der Waals surface area contributed by atoms with Crippen molar-refractivity contribution in [3.05, 3.63) is 58.9 Å². The Morgan fingerprint density at radius 3 is 2.31 bits per heavy atom. The predicted molar refractivity (Wildman–Crippen MR) is 106 cm³/mol. The Hall–Kier alpha value is -3.11. The molecule has 3 rings (SSSR count). The van der Waals surface area contributed by atoms with Crippen LogP contribution in [-0.2, 0) is 10.1 Å². The van der Waals surface area contributed by atoms with E-state index in [0.29, 0.717) is 5.69 Å². The third-order valence-electron chi connectivity index (χ3n) is 3.53. The van der Waals surface area contributed by atoms with Gasteiger partial charge in [0.05, 0.1) is 19.1 Å². The Morgan fingerprint density at radius 2 is 1.84 bits per heavy atom. The van der Waals surface area contributed by atoms with E-state index >= 15 is 0 Å². The molecule has 16 heteroatoms. The standard InChI is InChI=1S/C8H7N5O.C8H9NO7S.Na.H/c14-8(13-6-9-11-12-13)10-7-4-2-1-3-5-7;1-15-5-3-4-6(17(12,13)14)7(9(10)11)8(5)16-2;;/h1-6H,(H,10,14);3-4H,1-2H3,(H,12,13,14);;/q;;+1;-1. The molecule has 0 saturated carbocycles. The number of aromatic nitrogens is 4. The average molecular weight is 476 g/mol. The van der Waals surface area contributed by atoms with Crippen LogP contribution in [-0.4, -0.2) is 58.4 Å². The molecule has 0 aliphatic carbocycles. The largest absolute Gasteiger partial charge is 1.00 e. The van der Waals surface area contributed by atoms with Crippen LogP contribution < -0.4 is 44.3 Å². The quantitative estimate of drug-likeness (QED) is 0.147. The number of nitro benzene ring substituents is 1. The van der Waals surface area contributed by atoms with Gasteiger partial charge >= 0.3 is 51.4 Å². The second kappa shape index (κ2) is 12.1. The maximum absolute atomic E-state index is 11.4. The van der Waals surface area contributed by atoms with Crippen LogP contribution in [0.1, 0.15) is 1.43 Å². The fourth-order valence-corrected chi connectivity index (χ4v) is 2.88. The monoisotopic (exact) mass is 476 g/mol. The number of hydrogen-bond donors (Lipinski definition) is 2. The second-order valence-electron chi connectivity index (χ2n) is 5.43. The number of tetrazole rings is 1. The summed E-state index contributed by atoms with van der Waals surface area (Å²) in [5.41, 5.74) is -0.164. The molecule has 3 aromatic rings. The number of methoxy groups -OCH3 is 2. The molecular formula is C16H17N6NaO8S. The predicted octanol–water partition coefficient (Wildman–Crippen LogP) is -1.27. The zero-order valence-electron chi connectivity index (χ0n) is 18.1. The Morgan fingerprint density at radius 1 is 1.19 bits per heavy atom. The van der Waals surface area contributed by atoms with Crippen LogP contribution in [0.25, 0.3) is 0 Å². The molecule has 1 amide bonds. The van der Waals surface area contributed by atoms with Crippen molar-refractivity contribution in [2.75, 3.05) is 19.5 Å². The Bertz CT molecular complexity index is 1170. The van der Waals surface area contributed by atoms with E-state index in [1.54, 1.807) is 12.1 Å². The smallest absolute Gasteiger partial charge is 1.00 e. The Balaban J connectivity index is 0.000000593. The third-order valence-corrected chi connectivity index (χ3v) is 4.41. The maximum Gasteiger partial charge on any atom is 1.00 e. The molecule has 1 aromatic heterocycles. The molecule has 32 heavy (non-hydrogen) atoms. The van der Waals surface area contributed by atoms with Gasteiger partial charge < -0.3 is 16.2 Å². The minimum atomic E-state index is -4.71. The number of para-hydroxylation sites is 1. The fourth-order valence-electron chi connectivity index (χ4n) is 2.23. The number of nitro groups is 1. The van der Waals surface area contributed by atoms with Crippen molar-refractivity contribution >= 4 is 27.5 Å². The summed E-state index contributed by atoms with van der Waals surface area (Å²) in [5.74, 6) is -0.376. The first-order valence-corrected chi connectivity index (χ1v) is 9.59. The molecule has 0 aliphatic rings. The minimum Gasteiger partial charge on any atom is -1.00 e. The number of ether oxygens (including phenoxy) is 2. The van der Waals surface area contributed by atoms with Gasteiger partial charge in [-0.2, -0.15) is 8.42 Å². The van der Waals surface area contributed by atoms with Crippen LogP contribution in [0.15, 0.2) is 53.7 Å². The summed E-state index contributed by atoms with van der Waals surface area (Å²) in [4.78, 5) is 20.4. The number of benzene rings is 2. The number of hydrogen-bond acceptors (Lipinski definition) is 10. The summed E-state index contributed by atoms with van der Waals surface area (Å²) in [6, 6.07) is 10.7. The molecule has 0 saturated heterocycles. The molecule has 2 aromatic carbocycles. The van der Waals surface area contributed by atoms with Gasteiger partial charge in [0.2, 0.25) is 5.75 Å². The fraction of sp³-hybridized carbons (Fsp3) is 0.125. The second-order valence-corrected chi connectivity index (χ2v) is 6.82. The van der Waals surface area contributed by atoms with E-state index in [2.05, 4.69) is 20.8 Å². The van der Waals surface area contributed by atoms with E-state index in [0.717, 1.165) is 23.9 Å². The third kappa shape index (κ3) is 6.96. The molecule has 0 fully saturated rings. The van der Waals surface area contributed by atoms with E-state index in [1.807, 2.05) is 18.2 Å². The van der Waals surface area contributed by atoms with Crippen molar-refractivity contribution in [2.45, 2.75) is 4.90 Å². The summed E-state index contributed by atoms with van der Waals surface area (Å²) in [5, 5.41) is 23.6. The minimum absolute atomic E-state index is 0. The zero-order valence-corrected chi connectivity index (χ0v) is 19.9. The average Bonchev–Trinajstić information content (AvgIpc) is 3.28. The van der Waals surface area contributed by atoms with E-state index < -0.39 is 25.6 Å². The summed E-state index contributed by atoms with van der Waals surface area (Å²) in [6.07, 6.45) is 1.23. The molecule has 0 bridgehead atoms. The van der Waals surface area contributed by atoms with Gasteiger partial charge in [-0.25, -0.2) is 4.79 Å². The number of amides is 1. The van der Waals surface area contributed by atoms with Crippen LogP contribution >= 0.6 is 0 Å². The SMILES string of the molecule is COc1ccc(S(=O)(=O)O)c([N+](=O)[O-])c1OC.O=C(Nc1ccccc1)n1cnnn1.[H-].[Na+]. The molecule has 166 valence electrons. The molecule has 0 atom stereocenters. The molecule has 0 unspecified atom stereocenters. The molecule has 0 aliphatic heterocycles. The summed E-state index contributed by atoms with van der Waals surface area (Å²) >= 11 is 0. The molecule has 0 radical (unpaired) electrons. The molecule has 14 nitrogen and oxygen atoms in total. The molecule has 0 spiro atoms. The zero-order chi connectivity index (χ0) is 23.0. The van der Waals surface area contributed by atoms with Gasteiger partial charge in [-0.3, -0.25) is 14.7 Å². The number of nitrogens with one attached hydrogen (secondary N) is 1. The van der Waals surface area contributed by atoms with Gasteiger partial charge in [-0.15, -0.1) is 9.78 Å². The van der Waals surface area contributed by atoms with Gasteiger partial charge in [0.1, 0.15) is 6.33 Å². The number of nitrogens with zero attached hydrogens (tertiary/aromatic N) is 5. The molecule has 1 heterocycles. The van der Waals surface area contributed by atoms with Gasteiger partial charge in [0.25, 0.3) is 0 Å². The Labute approximate surface area is 205 Å². The first-order chi connectivity index (χ1) is 14.7. The normalized spacial score (nSPS) is 10.1. The van der Waals surface area contributed by atoms with Crippen LogP contribution in [0.3, 0.4) is 0 Å². The van der Waals surface area contributed by atoms with Crippen molar-refractivity contribution in [2.24, 2.45) is 0 Å². The summed E-state index contributed by atoms with van der Waals surface area (Å²) in [6.45, 7) is 0. The van der Waals surface area contributed by atoms with E-state index in [4.69, 9.17) is 14.0 Å². The van der Waals surface area contributed by atoms with Crippen molar-refractivity contribution < 1.29 is 63.1 Å². The van der Waals surface area contributed by atoms with Crippen molar-refractivity contribution in [3.8, 4) is 11.5 Å². The van der Waals surface area contributed by atoms with Crippen molar-refractivity contribution in [3.63, 3.8) is 0 Å². The van der Waals surface area contributed by atoms with Gasteiger partial charge in [0, 0.05) is 5.69 Å². The molecular weight excluding hydrogens is 459 g/mol. The van der Waals surface area contributed by atoms with Crippen LogP contribution in [0.4, 0.5) is 16.2 Å². The van der Waals surface area contributed by atoms with E-state index in [9.17, 15) is 23.3 Å². The van der Waals surface area contributed by atoms with Crippen molar-refractivity contribution in [1.82, 2.24) is 20.2 Å². The maximum atomic E-state index is 11.4. The van der Waals surface area contributed by atoms with E-state index in [1.165, 1.54) is 13.4 Å². The summed E-state index contributed by atoms with van der Waals surface area (Å²) in [7, 11) is -2.34. The van der Waals surface area contributed by atoms with Gasteiger partial charge in [0.15, 0.2) is 10.6 Å². The number of rotatable bonds is 5. The van der Waals surface area contributed by atoms with Crippen LogP contribution in [0.2, 0.25) is 0 Å². The molecule has 2 N–H and O–H groups in total. The number of carbonyl (C=O) groups is 1. The van der Waals surface area contributed by atoms with Crippen LogP contribution in [0.5, 0.6) is 11.5 Å².